The predicted molar refractivity (Wildman–Crippen MR) is 114 cm³/mol. The summed E-state index contributed by atoms with van der Waals surface area (Å²) in [4.78, 5) is 8.47. The van der Waals surface area contributed by atoms with E-state index in [0.717, 1.165) is 11.4 Å². The maximum atomic E-state index is 5.14. The average Bonchev–Trinajstić information content (AvgIpc) is 2.65. The van der Waals surface area contributed by atoms with Gasteiger partial charge >= 0.3 is 17.1 Å². The molecule has 27 heavy (non-hydrogen) atoms. The van der Waals surface area contributed by atoms with E-state index in [9.17, 15) is 0 Å². The van der Waals surface area contributed by atoms with Crippen LogP contribution in [0.3, 0.4) is 0 Å². The second kappa shape index (κ2) is 12.1. The molecule has 9 heteroatoms. The van der Waals surface area contributed by atoms with E-state index in [2.05, 4.69) is 31.0 Å². The zero-order valence-electron chi connectivity index (χ0n) is 14.7. The fourth-order valence-corrected chi connectivity index (χ4v) is 2.02. The monoisotopic (exact) mass is 445 g/mol. The molecule has 0 fully saturated rings. The summed E-state index contributed by atoms with van der Waals surface area (Å²) in [6.45, 7) is 3.60. The van der Waals surface area contributed by atoms with Gasteiger partial charge in [-0.1, -0.05) is 36.4 Å². The van der Waals surface area contributed by atoms with Gasteiger partial charge in [-0.25, -0.2) is 0 Å². The zero-order chi connectivity index (χ0) is 18.8. The number of amidine groups is 2. The Morgan fingerprint density at radius 1 is 0.667 bits per heavy atom. The second-order valence-electron chi connectivity index (χ2n) is 5.12. The quantitative estimate of drug-likeness (QED) is 0.243. The van der Waals surface area contributed by atoms with Gasteiger partial charge in [-0.3, -0.25) is 20.8 Å². The molecular formula is C18H18CuN6S2. The standard InChI is InChI=1S/C18H20N6S2.Cu/c1-13(21-23-17(25)19-15-9-5-3-6-10-15)14(2)22-24-18(26)20-16-11-7-4-8-12-16;/h3-12H,1-2H3,(H2,19,23,25)(H2,20,24,26);/q;+2/p-2/b21-13+,22-14+;. The van der Waals surface area contributed by atoms with Crippen LogP contribution in [-0.2, 0) is 42.3 Å². The van der Waals surface area contributed by atoms with Crippen LogP contribution in [0.1, 0.15) is 13.8 Å². The van der Waals surface area contributed by atoms with Crippen molar-refractivity contribution in [3.8, 4) is 0 Å². The van der Waals surface area contributed by atoms with Gasteiger partial charge in [0.25, 0.3) is 0 Å². The van der Waals surface area contributed by atoms with Crippen molar-refractivity contribution >= 4 is 58.4 Å². The number of hydrazone groups is 2. The van der Waals surface area contributed by atoms with Crippen LogP contribution in [0, 0.1) is 0 Å². The Bertz CT molecular complexity index is 764. The number of hydrogen-bond acceptors (Lipinski definition) is 6. The van der Waals surface area contributed by atoms with Crippen molar-refractivity contribution in [2.24, 2.45) is 20.2 Å². The van der Waals surface area contributed by atoms with E-state index in [0.29, 0.717) is 11.4 Å². The molecule has 1 radical (unpaired) electrons. The molecular weight excluding hydrogens is 428 g/mol. The first kappa shape index (κ1) is 22.7. The molecule has 0 heterocycles. The third-order valence-corrected chi connectivity index (χ3v) is 3.50. The van der Waals surface area contributed by atoms with Gasteiger partial charge in [-0.05, 0) is 38.1 Å². The van der Waals surface area contributed by atoms with E-state index in [4.69, 9.17) is 25.3 Å². The van der Waals surface area contributed by atoms with Crippen molar-refractivity contribution in [3.63, 3.8) is 0 Å². The van der Waals surface area contributed by atoms with Gasteiger partial charge in [-0.2, -0.15) is 10.2 Å². The van der Waals surface area contributed by atoms with Gasteiger partial charge in [0, 0.05) is 10.3 Å². The van der Waals surface area contributed by atoms with E-state index >= 15 is 0 Å². The topological polar surface area (TPSA) is 73.5 Å². The van der Waals surface area contributed by atoms with Crippen molar-refractivity contribution < 1.29 is 17.1 Å². The first-order valence-corrected chi connectivity index (χ1v) is 8.58. The van der Waals surface area contributed by atoms with Gasteiger partial charge < -0.3 is 25.3 Å². The largest absolute Gasteiger partial charge is 2.00 e. The van der Waals surface area contributed by atoms with Crippen LogP contribution in [0.15, 0.2) is 80.9 Å². The first-order valence-electron chi connectivity index (χ1n) is 7.77. The molecule has 2 N–H and O–H groups in total. The Labute approximate surface area is 180 Å². The fraction of sp³-hybridized carbons (Fsp3) is 0.111. The van der Waals surface area contributed by atoms with Crippen LogP contribution in [-0.4, -0.2) is 21.8 Å². The first-order chi connectivity index (χ1) is 12.5. The van der Waals surface area contributed by atoms with Gasteiger partial charge in [0.1, 0.15) is 0 Å². The summed E-state index contributed by atoms with van der Waals surface area (Å²) in [7, 11) is 0. The SMILES string of the molecule is CC(=N\NC([S-])=Nc1ccccc1)/C(C)=N/NC([S-])=Nc1ccccc1.[Cu+2]. The molecule has 0 aliphatic rings. The Morgan fingerprint density at radius 3 is 1.33 bits per heavy atom. The van der Waals surface area contributed by atoms with E-state index in [1.165, 1.54) is 0 Å². The van der Waals surface area contributed by atoms with E-state index in [1.54, 1.807) is 13.8 Å². The Morgan fingerprint density at radius 2 is 1.00 bits per heavy atom. The molecule has 0 saturated carbocycles. The molecule has 0 aromatic heterocycles. The van der Waals surface area contributed by atoms with Crippen molar-refractivity contribution in [2.45, 2.75) is 13.8 Å². The van der Waals surface area contributed by atoms with Gasteiger partial charge in [-0.15, -0.1) is 0 Å². The number of aliphatic imine (C=N–C) groups is 2. The maximum absolute atomic E-state index is 5.14. The van der Waals surface area contributed by atoms with Crippen LogP contribution >= 0.6 is 0 Å². The van der Waals surface area contributed by atoms with Gasteiger partial charge in [0.15, 0.2) is 0 Å². The zero-order valence-corrected chi connectivity index (χ0v) is 17.3. The summed E-state index contributed by atoms with van der Waals surface area (Å²) in [5, 5.41) is 8.88. The van der Waals surface area contributed by atoms with Gasteiger partial charge in [0.2, 0.25) is 0 Å². The van der Waals surface area contributed by atoms with E-state index in [1.807, 2.05) is 60.7 Å². The van der Waals surface area contributed by atoms with Crippen LogP contribution in [0.2, 0.25) is 0 Å². The molecule has 0 atom stereocenters. The molecule has 0 aliphatic heterocycles. The predicted octanol–water partition coefficient (Wildman–Crippen LogP) is 3.38. The number of nitrogens with one attached hydrogen (secondary N) is 2. The third-order valence-electron chi connectivity index (χ3n) is 3.14. The number of nitrogens with zero attached hydrogens (tertiary/aromatic N) is 4. The minimum Gasteiger partial charge on any atom is -0.741 e. The average molecular weight is 446 g/mol. The molecule has 6 nitrogen and oxygen atoms in total. The fourth-order valence-electron chi connectivity index (χ4n) is 1.71. The van der Waals surface area contributed by atoms with Gasteiger partial charge in [0.05, 0.1) is 22.8 Å². The van der Waals surface area contributed by atoms with Crippen LogP contribution in [0.25, 0.3) is 0 Å². The molecule has 0 aliphatic carbocycles. The number of para-hydroxylation sites is 2. The molecule has 2 rings (SSSR count). The summed E-state index contributed by atoms with van der Waals surface area (Å²) in [6, 6.07) is 18.8. The Hall–Kier alpha value is -2.32. The maximum Gasteiger partial charge on any atom is 2.00 e. The number of hydrogen-bond donors (Lipinski definition) is 2. The molecule has 0 bridgehead atoms. The van der Waals surface area contributed by atoms with Crippen LogP contribution in [0.4, 0.5) is 11.4 Å². The molecule has 0 spiro atoms. The number of benzene rings is 2. The molecule has 0 saturated heterocycles. The molecule has 2 aromatic rings. The van der Waals surface area contributed by atoms with Crippen molar-refractivity contribution in [2.75, 3.05) is 0 Å². The minimum atomic E-state index is 0. The Balaban J connectivity index is 0.00000364. The molecule has 2 aromatic carbocycles. The molecule has 0 amide bonds. The molecule has 143 valence electrons. The third kappa shape index (κ3) is 8.74. The smallest absolute Gasteiger partial charge is 0.741 e. The van der Waals surface area contributed by atoms with Crippen LogP contribution in [0.5, 0.6) is 0 Å². The minimum absolute atomic E-state index is 0. The summed E-state index contributed by atoms with van der Waals surface area (Å²) in [5.41, 5.74) is 8.27. The van der Waals surface area contributed by atoms with Crippen LogP contribution < -0.4 is 10.9 Å². The normalized spacial score (nSPS) is 13.0. The Kier molecular flexibility index (Phi) is 10.2. The summed E-state index contributed by atoms with van der Waals surface area (Å²) in [6.07, 6.45) is 0. The summed E-state index contributed by atoms with van der Waals surface area (Å²) >= 11 is 10.3. The van der Waals surface area contributed by atoms with Crippen molar-refractivity contribution in [3.05, 3.63) is 60.7 Å². The number of rotatable bonds is 5. The second-order valence-corrected chi connectivity index (χ2v) is 5.90. The summed E-state index contributed by atoms with van der Waals surface area (Å²) < 4.78 is 0. The van der Waals surface area contributed by atoms with E-state index in [-0.39, 0.29) is 27.4 Å². The van der Waals surface area contributed by atoms with E-state index < -0.39 is 0 Å². The molecule has 0 unspecified atom stereocenters. The van der Waals surface area contributed by atoms with Crippen molar-refractivity contribution in [1.82, 2.24) is 10.9 Å². The summed E-state index contributed by atoms with van der Waals surface area (Å²) in [5.74, 6) is 0. The van der Waals surface area contributed by atoms with Crippen molar-refractivity contribution in [1.29, 1.82) is 0 Å².